The van der Waals surface area contributed by atoms with Crippen molar-refractivity contribution in [3.05, 3.63) is 0 Å². The Morgan fingerprint density at radius 3 is 1.53 bits per heavy atom. The van der Waals surface area contributed by atoms with Gasteiger partial charge in [-0.15, -0.1) is 0 Å². The fraction of sp³-hybridized carbons (Fsp3) is 0.929. The van der Waals surface area contributed by atoms with Crippen LogP contribution in [0.15, 0.2) is 0 Å². The van der Waals surface area contributed by atoms with Gasteiger partial charge in [0.05, 0.1) is 12.2 Å². The minimum absolute atomic E-state index is 0.0629. The standard InChI is InChI=1S/C14H25O4P/c1-12(15)19(16,17-13-8-4-2-5-9-13)18-14-10-6-3-7-11-14/h13-14H,2-11H2,1H3. The maximum absolute atomic E-state index is 12.7. The van der Waals surface area contributed by atoms with E-state index in [2.05, 4.69) is 0 Å². The van der Waals surface area contributed by atoms with Crippen LogP contribution in [-0.4, -0.2) is 17.7 Å². The van der Waals surface area contributed by atoms with Crippen molar-refractivity contribution in [2.75, 3.05) is 0 Å². The Balaban J connectivity index is 1.95. The average molecular weight is 288 g/mol. The minimum atomic E-state index is -3.57. The van der Waals surface area contributed by atoms with Gasteiger partial charge in [-0.05, 0) is 25.7 Å². The van der Waals surface area contributed by atoms with Crippen LogP contribution in [0, 0.1) is 0 Å². The second kappa shape index (κ2) is 7.01. The largest absolute Gasteiger partial charge is 0.396 e. The van der Waals surface area contributed by atoms with Crippen molar-refractivity contribution in [2.45, 2.75) is 83.3 Å². The molecule has 0 radical (unpaired) electrons. The van der Waals surface area contributed by atoms with E-state index in [0.717, 1.165) is 51.4 Å². The Hall–Kier alpha value is -0.180. The fourth-order valence-corrected chi connectivity index (χ4v) is 4.46. The van der Waals surface area contributed by atoms with Gasteiger partial charge >= 0.3 is 7.60 Å². The lowest BCUT2D eigenvalue weighted by atomic mass is 9.98. The predicted octanol–water partition coefficient (Wildman–Crippen LogP) is 4.42. The molecular weight excluding hydrogens is 263 g/mol. The molecule has 0 heterocycles. The fourth-order valence-electron chi connectivity index (χ4n) is 2.91. The van der Waals surface area contributed by atoms with E-state index in [0.29, 0.717) is 0 Å². The molecule has 2 aliphatic rings. The van der Waals surface area contributed by atoms with Gasteiger partial charge in [0.2, 0.25) is 5.52 Å². The smallest absolute Gasteiger partial charge is 0.300 e. The van der Waals surface area contributed by atoms with Gasteiger partial charge in [0.15, 0.2) is 0 Å². The van der Waals surface area contributed by atoms with E-state index in [1.54, 1.807) is 0 Å². The van der Waals surface area contributed by atoms with Crippen LogP contribution in [-0.2, 0) is 18.4 Å². The molecular formula is C14H25O4P. The van der Waals surface area contributed by atoms with Gasteiger partial charge in [-0.2, -0.15) is 0 Å². The summed E-state index contributed by atoms with van der Waals surface area (Å²) in [5.74, 6) is 0. The molecule has 2 aliphatic carbocycles. The summed E-state index contributed by atoms with van der Waals surface area (Å²) < 4.78 is 23.9. The van der Waals surface area contributed by atoms with E-state index in [1.165, 1.54) is 19.8 Å². The van der Waals surface area contributed by atoms with Crippen molar-refractivity contribution in [2.24, 2.45) is 0 Å². The highest BCUT2D eigenvalue weighted by Crippen LogP contribution is 2.53. The van der Waals surface area contributed by atoms with Crippen molar-refractivity contribution < 1.29 is 18.4 Å². The summed E-state index contributed by atoms with van der Waals surface area (Å²) in [6, 6.07) is 0. The van der Waals surface area contributed by atoms with Gasteiger partial charge in [0, 0.05) is 6.92 Å². The monoisotopic (exact) mass is 288 g/mol. The van der Waals surface area contributed by atoms with E-state index in [-0.39, 0.29) is 12.2 Å². The van der Waals surface area contributed by atoms with Gasteiger partial charge in [-0.1, -0.05) is 38.5 Å². The highest BCUT2D eigenvalue weighted by Gasteiger charge is 2.37. The van der Waals surface area contributed by atoms with Crippen LogP contribution in [0.2, 0.25) is 0 Å². The Bertz CT molecular complexity index is 319. The minimum Gasteiger partial charge on any atom is -0.300 e. The molecule has 2 rings (SSSR count). The van der Waals surface area contributed by atoms with E-state index in [4.69, 9.17) is 9.05 Å². The number of rotatable bonds is 5. The van der Waals surface area contributed by atoms with Crippen LogP contribution in [0.3, 0.4) is 0 Å². The molecule has 4 nitrogen and oxygen atoms in total. The first-order valence-corrected chi connectivity index (χ1v) is 9.12. The first-order chi connectivity index (χ1) is 9.10. The number of carbonyl (C=O) groups excluding carboxylic acids is 1. The van der Waals surface area contributed by atoms with Gasteiger partial charge in [-0.3, -0.25) is 18.4 Å². The van der Waals surface area contributed by atoms with Crippen molar-refractivity contribution >= 4 is 13.1 Å². The van der Waals surface area contributed by atoms with Crippen LogP contribution < -0.4 is 0 Å². The summed E-state index contributed by atoms with van der Waals surface area (Å²) in [6.45, 7) is 1.33. The summed E-state index contributed by atoms with van der Waals surface area (Å²) in [4.78, 5) is 11.7. The van der Waals surface area contributed by atoms with Gasteiger partial charge < -0.3 is 0 Å². The Morgan fingerprint density at radius 1 is 0.842 bits per heavy atom. The molecule has 0 unspecified atom stereocenters. The van der Waals surface area contributed by atoms with E-state index >= 15 is 0 Å². The van der Waals surface area contributed by atoms with Crippen molar-refractivity contribution in [1.82, 2.24) is 0 Å². The first-order valence-electron chi connectivity index (χ1n) is 7.58. The molecule has 2 fully saturated rings. The molecule has 0 aromatic heterocycles. The third-order valence-electron chi connectivity index (χ3n) is 4.07. The van der Waals surface area contributed by atoms with E-state index < -0.39 is 13.1 Å². The van der Waals surface area contributed by atoms with Gasteiger partial charge in [0.1, 0.15) is 0 Å². The molecule has 0 spiro atoms. The SMILES string of the molecule is CC(=O)P(=O)(OC1CCCCC1)OC1CCCCC1. The molecule has 0 aliphatic heterocycles. The van der Waals surface area contributed by atoms with Gasteiger partial charge in [-0.25, -0.2) is 0 Å². The lowest BCUT2D eigenvalue weighted by Crippen LogP contribution is -2.22. The predicted molar refractivity (Wildman–Crippen MR) is 74.2 cm³/mol. The Morgan fingerprint density at radius 2 is 1.21 bits per heavy atom. The summed E-state index contributed by atoms with van der Waals surface area (Å²) in [5.41, 5.74) is -0.441. The molecule has 0 atom stereocenters. The summed E-state index contributed by atoms with van der Waals surface area (Å²) >= 11 is 0. The second-order valence-electron chi connectivity index (χ2n) is 5.75. The average Bonchev–Trinajstić information content (AvgIpc) is 2.40. The van der Waals surface area contributed by atoms with Crippen LogP contribution in [0.25, 0.3) is 0 Å². The highest BCUT2D eigenvalue weighted by atomic mass is 31.2. The first kappa shape index (κ1) is 15.2. The van der Waals surface area contributed by atoms with Crippen LogP contribution in [0.5, 0.6) is 0 Å². The third kappa shape index (κ3) is 4.40. The molecule has 0 amide bonds. The Kier molecular flexibility index (Phi) is 5.61. The maximum Gasteiger partial charge on any atom is 0.396 e. The normalized spacial score (nSPS) is 23.4. The summed E-state index contributed by atoms with van der Waals surface area (Å²) in [7, 11) is -3.57. The number of hydrogen-bond acceptors (Lipinski definition) is 4. The third-order valence-corrected chi connectivity index (χ3v) is 5.99. The molecule has 110 valence electrons. The molecule has 0 saturated heterocycles. The second-order valence-corrected chi connectivity index (χ2v) is 7.79. The van der Waals surface area contributed by atoms with Crippen molar-refractivity contribution in [3.63, 3.8) is 0 Å². The number of hydrogen-bond donors (Lipinski definition) is 0. The molecule has 19 heavy (non-hydrogen) atoms. The zero-order chi connectivity index (χ0) is 13.7. The highest BCUT2D eigenvalue weighted by molar-refractivity contribution is 7.71. The lowest BCUT2D eigenvalue weighted by Gasteiger charge is -2.29. The maximum atomic E-state index is 12.7. The Labute approximate surface area is 115 Å². The molecule has 0 bridgehead atoms. The summed E-state index contributed by atoms with van der Waals surface area (Å²) in [5, 5.41) is 0. The van der Waals surface area contributed by atoms with Crippen LogP contribution in [0.4, 0.5) is 0 Å². The molecule has 0 aromatic carbocycles. The van der Waals surface area contributed by atoms with E-state index in [9.17, 15) is 9.36 Å². The molecule has 2 saturated carbocycles. The molecule has 0 aromatic rings. The molecule has 0 N–H and O–H groups in total. The quantitative estimate of drug-likeness (QED) is 0.702. The number of carbonyl (C=O) groups is 1. The van der Waals surface area contributed by atoms with Gasteiger partial charge in [0.25, 0.3) is 0 Å². The topological polar surface area (TPSA) is 52.6 Å². The lowest BCUT2D eigenvalue weighted by molar-refractivity contribution is -0.113. The zero-order valence-corrected chi connectivity index (χ0v) is 12.7. The van der Waals surface area contributed by atoms with Crippen LogP contribution >= 0.6 is 7.60 Å². The van der Waals surface area contributed by atoms with Crippen molar-refractivity contribution in [1.29, 1.82) is 0 Å². The molecule has 5 heteroatoms. The van der Waals surface area contributed by atoms with E-state index in [1.807, 2.05) is 0 Å². The van der Waals surface area contributed by atoms with Crippen LogP contribution in [0.1, 0.15) is 71.1 Å². The summed E-state index contributed by atoms with van der Waals surface area (Å²) in [6.07, 6.45) is 10.2. The zero-order valence-electron chi connectivity index (χ0n) is 11.8. The van der Waals surface area contributed by atoms with Crippen molar-refractivity contribution in [3.8, 4) is 0 Å².